The number of rotatable bonds is 7. The van der Waals surface area contributed by atoms with Gasteiger partial charge in [-0.3, -0.25) is 4.90 Å². The molecule has 3 N–H and O–H groups in total. The molecule has 1 aliphatic heterocycles. The van der Waals surface area contributed by atoms with E-state index in [1.54, 1.807) is 0 Å². The van der Waals surface area contributed by atoms with Gasteiger partial charge in [0.15, 0.2) is 0 Å². The fraction of sp³-hybridized carbons (Fsp3) is 1.00. The summed E-state index contributed by atoms with van der Waals surface area (Å²) in [6, 6.07) is 0.592. The molecule has 0 aromatic heterocycles. The fourth-order valence-electron chi connectivity index (χ4n) is 1.82. The van der Waals surface area contributed by atoms with E-state index >= 15 is 0 Å². The Morgan fingerprint density at radius 3 is 2.80 bits per heavy atom. The summed E-state index contributed by atoms with van der Waals surface area (Å²) in [5, 5.41) is 3.53. The highest BCUT2D eigenvalue weighted by molar-refractivity contribution is 4.66. The van der Waals surface area contributed by atoms with Crippen molar-refractivity contribution in [2.24, 2.45) is 5.73 Å². The Bertz CT molecular complexity index is 149. The van der Waals surface area contributed by atoms with Crippen molar-refractivity contribution in [3.8, 4) is 0 Å². The van der Waals surface area contributed by atoms with Crippen LogP contribution in [-0.4, -0.2) is 56.9 Å². The number of nitrogens with two attached hydrogens (primary N) is 1. The summed E-state index contributed by atoms with van der Waals surface area (Å²) in [5.41, 5.74) is 5.47. The standard InChI is InChI=1S/C11H25N3O/c1-11(3-2-4-12)13-5-6-14-7-9-15-10-8-14/h11,13H,2-10,12H2,1H3. The van der Waals surface area contributed by atoms with E-state index in [0.717, 1.165) is 52.4 Å². The Labute approximate surface area is 93.1 Å². The molecular formula is C11H25N3O. The molecule has 1 rings (SSSR count). The molecule has 1 unspecified atom stereocenters. The Hall–Kier alpha value is -0.160. The third-order valence-electron chi connectivity index (χ3n) is 2.87. The zero-order chi connectivity index (χ0) is 10.9. The van der Waals surface area contributed by atoms with Gasteiger partial charge in [0.1, 0.15) is 0 Å². The highest BCUT2D eigenvalue weighted by atomic mass is 16.5. The second-order valence-electron chi connectivity index (χ2n) is 4.24. The third-order valence-corrected chi connectivity index (χ3v) is 2.87. The van der Waals surface area contributed by atoms with Crippen LogP contribution in [0.25, 0.3) is 0 Å². The molecule has 15 heavy (non-hydrogen) atoms. The fourth-order valence-corrected chi connectivity index (χ4v) is 1.82. The van der Waals surface area contributed by atoms with Crippen LogP contribution in [0.4, 0.5) is 0 Å². The monoisotopic (exact) mass is 215 g/mol. The third kappa shape index (κ3) is 6.10. The molecule has 1 heterocycles. The quantitative estimate of drug-likeness (QED) is 0.629. The van der Waals surface area contributed by atoms with E-state index in [9.17, 15) is 0 Å². The molecule has 1 saturated heterocycles. The zero-order valence-electron chi connectivity index (χ0n) is 9.87. The van der Waals surface area contributed by atoms with Crippen molar-refractivity contribution in [1.82, 2.24) is 10.2 Å². The Morgan fingerprint density at radius 1 is 1.40 bits per heavy atom. The molecule has 4 heteroatoms. The van der Waals surface area contributed by atoms with E-state index in [1.165, 1.54) is 6.42 Å². The van der Waals surface area contributed by atoms with Crippen LogP contribution < -0.4 is 11.1 Å². The lowest BCUT2D eigenvalue weighted by molar-refractivity contribution is 0.0381. The van der Waals surface area contributed by atoms with Crippen LogP contribution in [-0.2, 0) is 4.74 Å². The van der Waals surface area contributed by atoms with Gasteiger partial charge in [0.25, 0.3) is 0 Å². The normalized spacial score (nSPS) is 20.4. The molecular weight excluding hydrogens is 190 g/mol. The largest absolute Gasteiger partial charge is 0.379 e. The first-order valence-corrected chi connectivity index (χ1v) is 6.06. The molecule has 0 spiro atoms. The van der Waals surface area contributed by atoms with Crippen molar-refractivity contribution in [3.05, 3.63) is 0 Å². The highest BCUT2D eigenvalue weighted by Gasteiger charge is 2.09. The van der Waals surface area contributed by atoms with E-state index in [2.05, 4.69) is 17.1 Å². The summed E-state index contributed by atoms with van der Waals surface area (Å²) < 4.78 is 5.30. The molecule has 0 bridgehead atoms. The Kier molecular flexibility index (Phi) is 6.92. The van der Waals surface area contributed by atoms with Gasteiger partial charge in [-0.2, -0.15) is 0 Å². The zero-order valence-corrected chi connectivity index (χ0v) is 9.87. The molecule has 0 aliphatic carbocycles. The number of hydrogen-bond donors (Lipinski definition) is 2. The predicted molar refractivity (Wildman–Crippen MR) is 63.0 cm³/mol. The lowest BCUT2D eigenvalue weighted by Gasteiger charge is -2.27. The van der Waals surface area contributed by atoms with Crippen molar-refractivity contribution < 1.29 is 4.74 Å². The average Bonchev–Trinajstić information content (AvgIpc) is 2.28. The highest BCUT2D eigenvalue weighted by Crippen LogP contribution is 1.97. The second-order valence-corrected chi connectivity index (χ2v) is 4.24. The van der Waals surface area contributed by atoms with E-state index < -0.39 is 0 Å². The maximum Gasteiger partial charge on any atom is 0.0594 e. The van der Waals surface area contributed by atoms with Crippen molar-refractivity contribution >= 4 is 0 Å². The maximum atomic E-state index is 5.47. The minimum atomic E-state index is 0.592. The summed E-state index contributed by atoms with van der Waals surface area (Å²) in [7, 11) is 0. The van der Waals surface area contributed by atoms with Gasteiger partial charge in [0.05, 0.1) is 13.2 Å². The Morgan fingerprint density at radius 2 is 2.13 bits per heavy atom. The summed E-state index contributed by atoms with van der Waals surface area (Å²) in [5.74, 6) is 0. The summed E-state index contributed by atoms with van der Waals surface area (Å²) in [4.78, 5) is 2.45. The lowest BCUT2D eigenvalue weighted by atomic mass is 10.2. The van der Waals surface area contributed by atoms with E-state index in [1.807, 2.05) is 0 Å². The molecule has 90 valence electrons. The van der Waals surface area contributed by atoms with Gasteiger partial charge in [-0.25, -0.2) is 0 Å². The maximum absolute atomic E-state index is 5.47. The smallest absolute Gasteiger partial charge is 0.0594 e. The lowest BCUT2D eigenvalue weighted by Crippen LogP contribution is -2.41. The molecule has 4 nitrogen and oxygen atoms in total. The SMILES string of the molecule is CC(CCCN)NCCN1CCOCC1. The van der Waals surface area contributed by atoms with Gasteiger partial charge in [0.2, 0.25) is 0 Å². The van der Waals surface area contributed by atoms with Crippen molar-refractivity contribution in [2.75, 3.05) is 45.9 Å². The van der Waals surface area contributed by atoms with Crippen LogP contribution >= 0.6 is 0 Å². The predicted octanol–water partition coefficient (Wildman–Crippen LogP) is 0.0356. The molecule has 0 aromatic carbocycles. The average molecular weight is 215 g/mol. The van der Waals surface area contributed by atoms with Crippen molar-refractivity contribution in [1.29, 1.82) is 0 Å². The minimum Gasteiger partial charge on any atom is -0.379 e. The molecule has 0 radical (unpaired) electrons. The second kappa shape index (κ2) is 8.05. The van der Waals surface area contributed by atoms with Crippen LogP contribution in [0.3, 0.4) is 0 Å². The number of hydrogen-bond acceptors (Lipinski definition) is 4. The van der Waals surface area contributed by atoms with Gasteiger partial charge in [0, 0.05) is 32.2 Å². The number of nitrogens with zero attached hydrogens (tertiary/aromatic N) is 1. The van der Waals surface area contributed by atoms with Crippen LogP contribution in [0.5, 0.6) is 0 Å². The summed E-state index contributed by atoms with van der Waals surface area (Å²) in [6.45, 7) is 9.19. The van der Waals surface area contributed by atoms with Crippen LogP contribution in [0.15, 0.2) is 0 Å². The topological polar surface area (TPSA) is 50.5 Å². The van der Waals surface area contributed by atoms with E-state index in [-0.39, 0.29) is 0 Å². The van der Waals surface area contributed by atoms with E-state index in [0.29, 0.717) is 6.04 Å². The first-order valence-electron chi connectivity index (χ1n) is 6.06. The van der Waals surface area contributed by atoms with Gasteiger partial charge >= 0.3 is 0 Å². The molecule has 0 amide bonds. The Balaban J connectivity index is 1.94. The van der Waals surface area contributed by atoms with Gasteiger partial charge < -0.3 is 15.8 Å². The van der Waals surface area contributed by atoms with Crippen LogP contribution in [0, 0.1) is 0 Å². The first kappa shape index (κ1) is 12.9. The number of morpholine rings is 1. The molecule has 1 fully saturated rings. The van der Waals surface area contributed by atoms with Gasteiger partial charge in [-0.1, -0.05) is 0 Å². The van der Waals surface area contributed by atoms with Gasteiger partial charge in [-0.15, -0.1) is 0 Å². The van der Waals surface area contributed by atoms with Gasteiger partial charge in [-0.05, 0) is 26.3 Å². The van der Waals surface area contributed by atoms with E-state index in [4.69, 9.17) is 10.5 Å². The number of ether oxygens (including phenoxy) is 1. The number of nitrogens with one attached hydrogen (secondary N) is 1. The molecule has 0 saturated carbocycles. The molecule has 1 atom stereocenters. The van der Waals surface area contributed by atoms with Crippen LogP contribution in [0.1, 0.15) is 19.8 Å². The summed E-state index contributed by atoms with van der Waals surface area (Å²) in [6.07, 6.45) is 2.30. The molecule has 0 aromatic rings. The van der Waals surface area contributed by atoms with Crippen molar-refractivity contribution in [2.45, 2.75) is 25.8 Å². The minimum absolute atomic E-state index is 0.592. The summed E-state index contributed by atoms with van der Waals surface area (Å²) >= 11 is 0. The van der Waals surface area contributed by atoms with Crippen molar-refractivity contribution in [3.63, 3.8) is 0 Å². The molecule has 1 aliphatic rings. The van der Waals surface area contributed by atoms with Crippen LogP contribution in [0.2, 0.25) is 0 Å². The first-order chi connectivity index (χ1) is 7.33.